The van der Waals surface area contributed by atoms with Crippen LogP contribution in [0.15, 0.2) is 47.0 Å². The van der Waals surface area contributed by atoms with Gasteiger partial charge in [-0.15, -0.1) is 0 Å². The summed E-state index contributed by atoms with van der Waals surface area (Å²) in [6, 6.07) is 12.0. The topological polar surface area (TPSA) is 64.4 Å². The lowest BCUT2D eigenvalue weighted by Crippen LogP contribution is -2.13. The van der Waals surface area contributed by atoms with Crippen molar-refractivity contribution < 1.29 is 14.1 Å². The number of ether oxygens (including phenoxy) is 1. The van der Waals surface area contributed by atoms with Gasteiger partial charge in [-0.25, -0.2) is 0 Å². The summed E-state index contributed by atoms with van der Waals surface area (Å²) in [5, 5.41) is 7.69. The zero-order valence-electron chi connectivity index (χ0n) is 13.5. The standard InChI is InChI=1S/C18H14Cl2N2O3/c1-10-6-14(17(24-2)8-13(10)20)21-18(23)15-9-16(25-22-15)11-4-3-5-12(19)7-11/h3-9H,1-2H3,(H,21,23). The van der Waals surface area contributed by atoms with Gasteiger partial charge < -0.3 is 14.6 Å². The van der Waals surface area contributed by atoms with Gasteiger partial charge in [0.2, 0.25) is 0 Å². The van der Waals surface area contributed by atoms with E-state index in [1.165, 1.54) is 7.11 Å². The summed E-state index contributed by atoms with van der Waals surface area (Å²) < 4.78 is 10.5. The third kappa shape index (κ3) is 3.78. The molecule has 7 heteroatoms. The maximum Gasteiger partial charge on any atom is 0.277 e. The van der Waals surface area contributed by atoms with Crippen LogP contribution in [0.4, 0.5) is 5.69 Å². The molecule has 0 radical (unpaired) electrons. The average molecular weight is 377 g/mol. The van der Waals surface area contributed by atoms with E-state index in [0.717, 1.165) is 11.1 Å². The maximum absolute atomic E-state index is 12.4. The third-order valence-electron chi connectivity index (χ3n) is 3.58. The van der Waals surface area contributed by atoms with E-state index >= 15 is 0 Å². The van der Waals surface area contributed by atoms with Crippen molar-refractivity contribution in [1.82, 2.24) is 5.16 Å². The van der Waals surface area contributed by atoms with E-state index in [2.05, 4.69) is 10.5 Å². The van der Waals surface area contributed by atoms with Crippen LogP contribution >= 0.6 is 23.2 Å². The fourth-order valence-corrected chi connectivity index (χ4v) is 2.62. The first-order chi connectivity index (χ1) is 12.0. The zero-order valence-corrected chi connectivity index (χ0v) is 15.0. The first kappa shape index (κ1) is 17.3. The Balaban J connectivity index is 1.84. The summed E-state index contributed by atoms with van der Waals surface area (Å²) in [6.07, 6.45) is 0. The number of nitrogens with zero attached hydrogens (tertiary/aromatic N) is 1. The number of aryl methyl sites for hydroxylation is 1. The van der Waals surface area contributed by atoms with Crippen molar-refractivity contribution in [2.24, 2.45) is 0 Å². The van der Waals surface area contributed by atoms with Gasteiger partial charge in [-0.2, -0.15) is 0 Å². The van der Waals surface area contributed by atoms with E-state index < -0.39 is 5.91 Å². The number of anilines is 1. The van der Waals surface area contributed by atoms with Crippen molar-refractivity contribution in [2.75, 3.05) is 12.4 Å². The molecule has 0 fully saturated rings. The Bertz CT molecular complexity index is 938. The van der Waals surface area contributed by atoms with Gasteiger partial charge in [-0.1, -0.05) is 40.5 Å². The predicted molar refractivity (Wildman–Crippen MR) is 97.6 cm³/mol. The van der Waals surface area contributed by atoms with Crippen LogP contribution in [0.25, 0.3) is 11.3 Å². The van der Waals surface area contributed by atoms with Crippen LogP contribution in [-0.2, 0) is 0 Å². The normalized spacial score (nSPS) is 10.6. The number of carbonyl (C=O) groups is 1. The highest BCUT2D eigenvalue weighted by Gasteiger charge is 2.16. The van der Waals surface area contributed by atoms with Crippen LogP contribution < -0.4 is 10.1 Å². The molecule has 0 aliphatic rings. The van der Waals surface area contributed by atoms with Crippen molar-refractivity contribution >= 4 is 34.8 Å². The van der Waals surface area contributed by atoms with Gasteiger partial charge in [0.15, 0.2) is 11.5 Å². The second-order valence-corrected chi connectivity index (χ2v) is 6.19. The monoisotopic (exact) mass is 376 g/mol. The number of hydrogen-bond donors (Lipinski definition) is 1. The van der Waals surface area contributed by atoms with Crippen molar-refractivity contribution in [2.45, 2.75) is 6.92 Å². The minimum absolute atomic E-state index is 0.143. The van der Waals surface area contributed by atoms with Gasteiger partial charge in [0.05, 0.1) is 12.8 Å². The summed E-state index contributed by atoms with van der Waals surface area (Å²) in [6.45, 7) is 1.84. The summed E-state index contributed by atoms with van der Waals surface area (Å²) in [4.78, 5) is 12.4. The Labute approximate surface area is 154 Å². The number of methoxy groups -OCH3 is 1. The molecule has 128 valence electrons. The third-order valence-corrected chi connectivity index (χ3v) is 4.22. The Kier molecular flexibility index (Phi) is 4.97. The molecule has 1 heterocycles. The quantitative estimate of drug-likeness (QED) is 0.677. The Morgan fingerprint density at radius 1 is 1.20 bits per heavy atom. The number of halogens is 2. The fourth-order valence-electron chi connectivity index (χ4n) is 2.28. The average Bonchev–Trinajstić information content (AvgIpc) is 3.08. The molecule has 3 rings (SSSR count). The van der Waals surface area contributed by atoms with Gasteiger partial charge in [-0.3, -0.25) is 4.79 Å². The Morgan fingerprint density at radius 2 is 2.00 bits per heavy atom. The van der Waals surface area contributed by atoms with Gasteiger partial charge in [0.25, 0.3) is 5.91 Å². The lowest BCUT2D eigenvalue weighted by Gasteiger charge is -2.11. The highest BCUT2D eigenvalue weighted by Crippen LogP contribution is 2.31. The number of hydrogen-bond acceptors (Lipinski definition) is 4. The van der Waals surface area contributed by atoms with Crippen molar-refractivity contribution in [3.05, 3.63) is 63.8 Å². The van der Waals surface area contributed by atoms with Gasteiger partial charge in [-0.05, 0) is 30.7 Å². The van der Waals surface area contributed by atoms with Crippen molar-refractivity contribution in [3.8, 4) is 17.1 Å². The van der Waals surface area contributed by atoms with E-state index in [0.29, 0.717) is 27.2 Å². The van der Waals surface area contributed by atoms with E-state index in [1.807, 2.05) is 13.0 Å². The summed E-state index contributed by atoms with van der Waals surface area (Å²) in [5.74, 6) is 0.492. The van der Waals surface area contributed by atoms with Crippen LogP contribution in [0.1, 0.15) is 16.1 Å². The molecule has 1 aromatic heterocycles. The second kappa shape index (κ2) is 7.17. The molecule has 0 saturated heterocycles. The van der Waals surface area contributed by atoms with Gasteiger partial charge >= 0.3 is 0 Å². The molecule has 3 aromatic rings. The second-order valence-electron chi connectivity index (χ2n) is 5.34. The maximum atomic E-state index is 12.4. The fraction of sp³-hybridized carbons (Fsp3) is 0.111. The van der Waals surface area contributed by atoms with E-state index in [1.54, 1.807) is 36.4 Å². The number of carbonyl (C=O) groups excluding carboxylic acids is 1. The van der Waals surface area contributed by atoms with Crippen molar-refractivity contribution in [3.63, 3.8) is 0 Å². The molecule has 1 N–H and O–H groups in total. The summed E-state index contributed by atoms with van der Waals surface area (Å²) in [7, 11) is 1.50. The molecule has 0 bridgehead atoms. The molecule has 25 heavy (non-hydrogen) atoms. The Hall–Kier alpha value is -2.50. The molecule has 0 atom stereocenters. The molecule has 1 amide bonds. The molecule has 0 unspecified atom stereocenters. The highest BCUT2D eigenvalue weighted by molar-refractivity contribution is 6.31. The molecular formula is C18H14Cl2N2O3. The number of aromatic nitrogens is 1. The first-order valence-electron chi connectivity index (χ1n) is 7.36. The number of benzene rings is 2. The molecular weight excluding hydrogens is 363 g/mol. The number of amides is 1. The van der Waals surface area contributed by atoms with Gasteiger partial charge in [0, 0.05) is 27.7 Å². The van der Waals surface area contributed by atoms with E-state index in [-0.39, 0.29) is 5.69 Å². The van der Waals surface area contributed by atoms with E-state index in [9.17, 15) is 4.79 Å². The van der Waals surface area contributed by atoms with Crippen LogP contribution in [0.5, 0.6) is 5.75 Å². The molecule has 0 aliphatic carbocycles. The van der Waals surface area contributed by atoms with Crippen LogP contribution in [0.3, 0.4) is 0 Å². The zero-order chi connectivity index (χ0) is 18.0. The minimum Gasteiger partial charge on any atom is -0.495 e. The van der Waals surface area contributed by atoms with E-state index in [4.69, 9.17) is 32.5 Å². The first-order valence-corrected chi connectivity index (χ1v) is 8.11. The molecule has 5 nitrogen and oxygen atoms in total. The SMILES string of the molecule is COc1cc(Cl)c(C)cc1NC(=O)c1cc(-c2cccc(Cl)c2)on1. The van der Waals surface area contributed by atoms with Crippen LogP contribution in [0.2, 0.25) is 10.0 Å². The summed E-state index contributed by atoms with van der Waals surface area (Å²) in [5.41, 5.74) is 2.20. The minimum atomic E-state index is -0.419. The van der Waals surface area contributed by atoms with Crippen LogP contribution in [-0.4, -0.2) is 18.2 Å². The number of nitrogens with one attached hydrogen (secondary N) is 1. The molecule has 0 aliphatic heterocycles. The van der Waals surface area contributed by atoms with Crippen LogP contribution in [0, 0.1) is 6.92 Å². The van der Waals surface area contributed by atoms with Crippen molar-refractivity contribution in [1.29, 1.82) is 0 Å². The molecule has 0 saturated carbocycles. The predicted octanol–water partition coefficient (Wildman–Crippen LogP) is 5.22. The molecule has 2 aromatic carbocycles. The summed E-state index contributed by atoms with van der Waals surface area (Å²) >= 11 is 12.0. The van der Waals surface area contributed by atoms with Gasteiger partial charge in [0.1, 0.15) is 5.75 Å². The Morgan fingerprint density at radius 3 is 2.72 bits per heavy atom. The largest absolute Gasteiger partial charge is 0.495 e. The highest BCUT2D eigenvalue weighted by atomic mass is 35.5. The molecule has 0 spiro atoms. The lowest BCUT2D eigenvalue weighted by molar-refractivity contribution is 0.101. The lowest BCUT2D eigenvalue weighted by atomic mass is 10.1. The smallest absolute Gasteiger partial charge is 0.277 e. The number of rotatable bonds is 4.